The topological polar surface area (TPSA) is 83.9 Å². The van der Waals surface area contributed by atoms with Crippen molar-refractivity contribution < 1.29 is 37.0 Å². The Labute approximate surface area is 217 Å². The lowest BCUT2D eigenvalue weighted by Crippen LogP contribution is -2.49. The minimum absolute atomic E-state index is 0.0796. The van der Waals surface area contributed by atoms with Gasteiger partial charge in [0.1, 0.15) is 41.7 Å². The van der Waals surface area contributed by atoms with Crippen LogP contribution in [-0.4, -0.2) is 54.3 Å². The largest absolute Gasteiger partial charge is 0.497 e. The van der Waals surface area contributed by atoms with E-state index in [9.17, 15) is 23.2 Å². The summed E-state index contributed by atoms with van der Waals surface area (Å²) in [6.07, 6.45) is -0.141. The summed E-state index contributed by atoms with van der Waals surface area (Å²) in [5, 5.41) is 9.68. The van der Waals surface area contributed by atoms with E-state index in [1.165, 1.54) is 13.2 Å². The first-order valence-corrected chi connectivity index (χ1v) is 12.3. The zero-order valence-electron chi connectivity index (χ0n) is 20.9. The molecule has 0 spiro atoms. The van der Waals surface area contributed by atoms with Crippen LogP contribution in [0.1, 0.15) is 37.4 Å². The molecule has 11 heteroatoms. The molecule has 1 atom stereocenters. The second kappa shape index (κ2) is 12.0. The highest BCUT2D eigenvalue weighted by Crippen LogP contribution is 2.41. The fourth-order valence-corrected chi connectivity index (χ4v) is 4.98. The SMILES string of the molecule is COc1ccc2ncc(F)c([C@H](F)CCC3(C(=O)NO)CCN(CCOc4cc(F)cc(F)c4)CC3)c2c1. The number of carbonyl (C=O) groups is 1. The maximum Gasteiger partial charge on any atom is 0.249 e. The van der Waals surface area contributed by atoms with Gasteiger partial charge < -0.3 is 9.47 Å². The van der Waals surface area contributed by atoms with Gasteiger partial charge in [0, 0.05) is 35.7 Å². The number of halogens is 4. The van der Waals surface area contributed by atoms with Crippen LogP contribution in [0.25, 0.3) is 10.9 Å². The number of carbonyl (C=O) groups excluding carboxylic acids is 1. The predicted octanol–water partition coefficient (Wildman–Crippen LogP) is 5.12. The number of piperidine rings is 1. The number of amides is 1. The molecule has 38 heavy (non-hydrogen) atoms. The minimum atomic E-state index is -1.71. The van der Waals surface area contributed by atoms with E-state index in [1.807, 2.05) is 4.90 Å². The number of fused-ring (bicyclic) bond motifs is 1. The number of ether oxygens (including phenoxy) is 2. The van der Waals surface area contributed by atoms with E-state index in [0.29, 0.717) is 49.1 Å². The molecule has 2 N–H and O–H groups in total. The zero-order chi connectivity index (χ0) is 27.3. The van der Waals surface area contributed by atoms with Crippen LogP contribution in [-0.2, 0) is 4.79 Å². The molecule has 1 saturated heterocycles. The minimum Gasteiger partial charge on any atom is -0.497 e. The van der Waals surface area contributed by atoms with Crippen molar-refractivity contribution in [2.24, 2.45) is 5.41 Å². The average Bonchev–Trinajstić information content (AvgIpc) is 2.91. The fourth-order valence-electron chi connectivity index (χ4n) is 4.98. The van der Waals surface area contributed by atoms with Gasteiger partial charge >= 0.3 is 0 Å². The lowest BCUT2D eigenvalue weighted by Gasteiger charge is -2.40. The first-order valence-electron chi connectivity index (χ1n) is 12.3. The summed E-state index contributed by atoms with van der Waals surface area (Å²) in [4.78, 5) is 18.7. The summed E-state index contributed by atoms with van der Waals surface area (Å²) in [5.41, 5.74) is 0.945. The lowest BCUT2D eigenvalue weighted by molar-refractivity contribution is -0.143. The number of hydrogen-bond donors (Lipinski definition) is 2. The van der Waals surface area contributed by atoms with Crippen molar-refractivity contribution in [3.63, 3.8) is 0 Å². The van der Waals surface area contributed by atoms with Gasteiger partial charge in [-0.3, -0.25) is 19.9 Å². The Kier molecular flexibility index (Phi) is 8.68. The van der Waals surface area contributed by atoms with Crippen LogP contribution in [0.2, 0.25) is 0 Å². The molecule has 7 nitrogen and oxygen atoms in total. The molecular formula is C27H29F4N3O4. The number of nitrogens with one attached hydrogen (secondary N) is 1. The van der Waals surface area contributed by atoms with E-state index in [-0.39, 0.29) is 30.8 Å². The lowest BCUT2D eigenvalue weighted by atomic mass is 9.73. The van der Waals surface area contributed by atoms with Crippen molar-refractivity contribution in [1.29, 1.82) is 0 Å². The average molecular weight is 536 g/mol. The molecule has 3 aromatic rings. The summed E-state index contributed by atoms with van der Waals surface area (Å²) in [5.74, 6) is -2.35. The van der Waals surface area contributed by atoms with E-state index >= 15 is 4.39 Å². The summed E-state index contributed by atoms with van der Waals surface area (Å²) in [6, 6.07) is 7.74. The number of pyridine rings is 1. The van der Waals surface area contributed by atoms with Crippen molar-refractivity contribution in [3.05, 3.63) is 65.6 Å². The van der Waals surface area contributed by atoms with Crippen LogP contribution in [0.4, 0.5) is 17.6 Å². The Hall–Kier alpha value is -3.44. The standard InChI is InChI=1S/C27H29F4N3O4/c1-37-19-2-3-24-21(15-19)25(23(31)16-32-24)22(30)4-5-27(26(35)33-36)6-8-34(9-7-27)10-11-38-20-13-17(28)12-18(29)14-20/h2-3,12-16,22,36H,4-11H2,1H3,(H,33,35)/t22-/m1/s1. The van der Waals surface area contributed by atoms with Crippen molar-refractivity contribution in [2.45, 2.75) is 31.9 Å². The second-order valence-corrected chi connectivity index (χ2v) is 9.43. The molecular weight excluding hydrogens is 506 g/mol. The van der Waals surface area contributed by atoms with E-state index in [2.05, 4.69) is 4.98 Å². The number of methoxy groups -OCH3 is 1. The van der Waals surface area contributed by atoms with E-state index in [0.717, 1.165) is 24.4 Å². The molecule has 0 bridgehead atoms. The number of hydrogen-bond acceptors (Lipinski definition) is 6. The highest BCUT2D eigenvalue weighted by atomic mass is 19.1. The number of hydroxylamine groups is 1. The van der Waals surface area contributed by atoms with Gasteiger partial charge in [0.25, 0.3) is 0 Å². The molecule has 204 valence electrons. The molecule has 1 aliphatic heterocycles. The zero-order valence-corrected chi connectivity index (χ0v) is 20.9. The Morgan fingerprint density at radius 1 is 1.13 bits per heavy atom. The summed E-state index contributed by atoms with van der Waals surface area (Å²) < 4.78 is 67.5. The second-order valence-electron chi connectivity index (χ2n) is 9.43. The van der Waals surface area contributed by atoms with E-state index < -0.39 is 34.9 Å². The summed E-state index contributed by atoms with van der Waals surface area (Å²) in [7, 11) is 1.46. The maximum absolute atomic E-state index is 15.5. The Morgan fingerprint density at radius 2 is 1.84 bits per heavy atom. The van der Waals surface area contributed by atoms with Gasteiger partial charge in [-0.1, -0.05) is 0 Å². The third-order valence-electron chi connectivity index (χ3n) is 7.17. The molecule has 0 radical (unpaired) electrons. The van der Waals surface area contributed by atoms with E-state index in [1.54, 1.807) is 17.6 Å². The van der Waals surface area contributed by atoms with Gasteiger partial charge in [-0.25, -0.2) is 23.0 Å². The van der Waals surface area contributed by atoms with Crippen LogP contribution < -0.4 is 15.0 Å². The van der Waals surface area contributed by atoms with E-state index in [4.69, 9.17) is 9.47 Å². The van der Waals surface area contributed by atoms with Crippen LogP contribution in [0.15, 0.2) is 42.6 Å². The van der Waals surface area contributed by atoms with Crippen molar-refractivity contribution in [1.82, 2.24) is 15.4 Å². The molecule has 2 heterocycles. The molecule has 1 aliphatic rings. The fraction of sp³-hybridized carbons (Fsp3) is 0.407. The molecule has 4 rings (SSSR count). The van der Waals surface area contributed by atoms with Gasteiger partial charge in [0.2, 0.25) is 5.91 Å². The third-order valence-corrected chi connectivity index (χ3v) is 7.17. The number of alkyl halides is 1. The normalized spacial score (nSPS) is 16.3. The van der Waals surface area contributed by atoms with Gasteiger partial charge in [-0.05, 0) is 57.0 Å². The third kappa shape index (κ3) is 6.16. The number of nitrogens with zero attached hydrogens (tertiary/aromatic N) is 2. The van der Waals surface area contributed by atoms with Crippen LogP contribution in [0.5, 0.6) is 11.5 Å². The predicted molar refractivity (Wildman–Crippen MR) is 131 cm³/mol. The maximum atomic E-state index is 15.5. The van der Waals surface area contributed by atoms with Crippen LogP contribution in [0.3, 0.4) is 0 Å². The number of benzene rings is 2. The first kappa shape index (κ1) is 27.6. The monoisotopic (exact) mass is 535 g/mol. The highest BCUT2D eigenvalue weighted by Gasteiger charge is 2.41. The van der Waals surface area contributed by atoms with Gasteiger partial charge in [-0.2, -0.15) is 0 Å². The molecule has 0 aliphatic carbocycles. The van der Waals surface area contributed by atoms with Gasteiger partial charge in [-0.15, -0.1) is 0 Å². The summed E-state index contributed by atoms with van der Waals surface area (Å²) in [6.45, 7) is 1.52. The quantitative estimate of drug-likeness (QED) is 0.213. The molecule has 0 saturated carbocycles. The smallest absolute Gasteiger partial charge is 0.249 e. The highest BCUT2D eigenvalue weighted by molar-refractivity contribution is 5.84. The van der Waals surface area contributed by atoms with Crippen molar-refractivity contribution in [2.75, 3.05) is 33.4 Å². The number of aromatic nitrogens is 1. The van der Waals surface area contributed by atoms with Gasteiger partial charge in [0.05, 0.1) is 24.2 Å². The van der Waals surface area contributed by atoms with Crippen molar-refractivity contribution >= 4 is 16.8 Å². The van der Waals surface area contributed by atoms with Crippen LogP contribution in [0, 0.1) is 22.9 Å². The molecule has 1 amide bonds. The Balaban J connectivity index is 1.39. The summed E-state index contributed by atoms with van der Waals surface area (Å²) >= 11 is 0. The van der Waals surface area contributed by atoms with Gasteiger partial charge in [0.15, 0.2) is 0 Å². The Bertz CT molecular complexity index is 1260. The molecule has 2 aromatic carbocycles. The number of rotatable bonds is 10. The first-order chi connectivity index (χ1) is 18.2. The molecule has 1 aromatic heterocycles. The molecule has 1 fully saturated rings. The Morgan fingerprint density at radius 3 is 2.50 bits per heavy atom. The van der Waals surface area contributed by atoms with Crippen LogP contribution >= 0.6 is 0 Å². The number of likely N-dealkylation sites (tertiary alicyclic amines) is 1. The molecule has 0 unspecified atom stereocenters. The van der Waals surface area contributed by atoms with Crippen molar-refractivity contribution in [3.8, 4) is 11.5 Å².